The third-order valence-corrected chi connectivity index (χ3v) is 3.82. The number of ether oxygens (including phenoxy) is 1. The van der Waals surface area contributed by atoms with Gasteiger partial charge < -0.3 is 10.1 Å². The Balaban J connectivity index is 1.77. The fraction of sp³-hybridized carbons (Fsp3) is 0.583. The van der Waals surface area contributed by atoms with Gasteiger partial charge in [0.1, 0.15) is 6.07 Å². The smallest absolute Gasteiger partial charge is 0.100 e. The quantitative estimate of drug-likeness (QED) is 0.872. The molecule has 0 spiro atoms. The van der Waals surface area contributed by atoms with E-state index in [4.69, 9.17) is 10.00 Å². The predicted octanol–water partition coefficient (Wildman–Crippen LogP) is 2.28. The highest BCUT2D eigenvalue weighted by molar-refractivity contribution is 7.10. The van der Waals surface area contributed by atoms with E-state index < -0.39 is 0 Å². The van der Waals surface area contributed by atoms with Gasteiger partial charge in [0.25, 0.3) is 0 Å². The topological polar surface area (TPSA) is 45.0 Å². The van der Waals surface area contributed by atoms with Crippen LogP contribution in [-0.4, -0.2) is 18.8 Å². The molecule has 1 aliphatic heterocycles. The molecule has 1 aliphatic rings. The second-order valence-corrected chi connectivity index (χ2v) is 5.41. The number of nitriles is 1. The first-order valence-corrected chi connectivity index (χ1v) is 6.42. The number of nitrogens with one attached hydrogen (secondary N) is 1. The van der Waals surface area contributed by atoms with E-state index in [1.807, 2.05) is 11.4 Å². The van der Waals surface area contributed by atoms with Gasteiger partial charge in [-0.2, -0.15) is 5.26 Å². The maximum atomic E-state index is 8.71. The molecule has 1 fully saturated rings. The molecule has 0 saturated carbocycles. The minimum atomic E-state index is 0.00924. The lowest BCUT2D eigenvalue weighted by atomic mass is 10.0. The summed E-state index contributed by atoms with van der Waals surface area (Å²) in [5.74, 6) is 0. The summed E-state index contributed by atoms with van der Waals surface area (Å²) in [7, 11) is 0. The minimum absolute atomic E-state index is 0.00924. The Morgan fingerprint density at radius 3 is 3.19 bits per heavy atom. The number of hydrogen-bond acceptors (Lipinski definition) is 4. The predicted molar refractivity (Wildman–Crippen MR) is 64.3 cm³/mol. The van der Waals surface area contributed by atoms with Crippen LogP contribution in [0.1, 0.15) is 30.2 Å². The van der Waals surface area contributed by atoms with E-state index in [1.165, 1.54) is 4.88 Å². The second kappa shape index (κ2) is 4.96. The van der Waals surface area contributed by atoms with Crippen LogP contribution in [0, 0.1) is 11.3 Å². The van der Waals surface area contributed by atoms with Crippen LogP contribution >= 0.6 is 11.3 Å². The van der Waals surface area contributed by atoms with Gasteiger partial charge in [-0.25, -0.2) is 0 Å². The molecule has 86 valence electrons. The molecule has 4 heteroatoms. The van der Waals surface area contributed by atoms with Crippen LogP contribution in [0.5, 0.6) is 0 Å². The van der Waals surface area contributed by atoms with Gasteiger partial charge in [-0.15, -0.1) is 11.3 Å². The van der Waals surface area contributed by atoms with E-state index in [0.29, 0.717) is 0 Å². The van der Waals surface area contributed by atoms with Crippen molar-refractivity contribution in [3.63, 3.8) is 0 Å². The van der Waals surface area contributed by atoms with Gasteiger partial charge in [0.2, 0.25) is 0 Å². The SMILES string of the molecule is CC1(CNCc2cc(C#N)cs2)CCCO1. The molecule has 0 bridgehead atoms. The molecular weight excluding hydrogens is 220 g/mol. The normalized spacial score (nSPS) is 24.5. The van der Waals surface area contributed by atoms with Crippen molar-refractivity contribution < 1.29 is 4.74 Å². The zero-order valence-electron chi connectivity index (χ0n) is 9.45. The van der Waals surface area contributed by atoms with Crippen LogP contribution in [-0.2, 0) is 11.3 Å². The van der Waals surface area contributed by atoms with Crippen LogP contribution in [0.2, 0.25) is 0 Å². The molecule has 0 aliphatic carbocycles. The molecule has 2 heterocycles. The van der Waals surface area contributed by atoms with Crippen molar-refractivity contribution in [3.05, 3.63) is 21.9 Å². The van der Waals surface area contributed by atoms with Crippen LogP contribution in [0.4, 0.5) is 0 Å². The van der Waals surface area contributed by atoms with Crippen molar-refractivity contribution in [2.75, 3.05) is 13.2 Å². The summed E-state index contributed by atoms with van der Waals surface area (Å²) in [6, 6.07) is 4.08. The van der Waals surface area contributed by atoms with Crippen molar-refractivity contribution in [2.45, 2.75) is 31.9 Å². The fourth-order valence-corrected chi connectivity index (χ4v) is 2.74. The van der Waals surface area contributed by atoms with Gasteiger partial charge in [-0.1, -0.05) is 0 Å². The highest BCUT2D eigenvalue weighted by Crippen LogP contribution is 2.24. The lowest BCUT2D eigenvalue weighted by Crippen LogP contribution is -2.36. The van der Waals surface area contributed by atoms with Gasteiger partial charge in [0.15, 0.2) is 0 Å². The molecule has 16 heavy (non-hydrogen) atoms. The van der Waals surface area contributed by atoms with E-state index in [-0.39, 0.29) is 5.60 Å². The van der Waals surface area contributed by atoms with E-state index in [2.05, 4.69) is 18.3 Å². The summed E-state index contributed by atoms with van der Waals surface area (Å²) < 4.78 is 5.69. The highest BCUT2D eigenvalue weighted by atomic mass is 32.1. The Labute approximate surface area is 100 Å². The molecule has 1 aromatic heterocycles. The zero-order valence-corrected chi connectivity index (χ0v) is 10.3. The fourth-order valence-electron chi connectivity index (χ4n) is 1.96. The van der Waals surface area contributed by atoms with Gasteiger partial charge in [0, 0.05) is 30.0 Å². The van der Waals surface area contributed by atoms with Crippen LogP contribution in [0.3, 0.4) is 0 Å². The summed E-state index contributed by atoms with van der Waals surface area (Å²) in [5, 5.41) is 14.0. The number of nitrogens with zero attached hydrogens (tertiary/aromatic N) is 1. The van der Waals surface area contributed by atoms with E-state index in [1.54, 1.807) is 11.3 Å². The maximum Gasteiger partial charge on any atom is 0.100 e. The lowest BCUT2D eigenvalue weighted by Gasteiger charge is -2.23. The first kappa shape index (κ1) is 11.6. The Morgan fingerprint density at radius 2 is 2.56 bits per heavy atom. The summed E-state index contributed by atoms with van der Waals surface area (Å²) in [6.07, 6.45) is 2.30. The van der Waals surface area contributed by atoms with Gasteiger partial charge in [-0.3, -0.25) is 0 Å². The van der Waals surface area contributed by atoms with Crippen molar-refractivity contribution >= 4 is 11.3 Å². The van der Waals surface area contributed by atoms with Gasteiger partial charge in [0.05, 0.1) is 11.2 Å². The molecule has 2 rings (SSSR count). The number of thiophene rings is 1. The van der Waals surface area contributed by atoms with Crippen LogP contribution in [0.15, 0.2) is 11.4 Å². The Hall–Kier alpha value is -0.890. The number of rotatable bonds is 4. The Bertz CT molecular complexity index is 388. The average molecular weight is 236 g/mol. The maximum absolute atomic E-state index is 8.71. The van der Waals surface area contributed by atoms with E-state index >= 15 is 0 Å². The highest BCUT2D eigenvalue weighted by Gasteiger charge is 2.28. The summed E-state index contributed by atoms with van der Waals surface area (Å²) in [5.41, 5.74) is 0.764. The summed E-state index contributed by atoms with van der Waals surface area (Å²) in [6.45, 7) is 4.75. The van der Waals surface area contributed by atoms with Crippen LogP contribution < -0.4 is 5.32 Å². The van der Waals surface area contributed by atoms with E-state index in [0.717, 1.165) is 38.1 Å². The Morgan fingerprint density at radius 1 is 1.69 bits per heavy atom. The summed E-state index contributed by atoms with van der Waals surface area (Å²) in [4.78, 5) is 1.21. The molecule has 1 aromatic rings. The van der Waals surface area contributed by atoms with Crippen molar-refractivity contribution in [3.8, 4) is 6.07 Å². The molecular formula is C12H16N2OS. The van der Waals surface area contributed by atoms with Crippen molar-refractivity contribution in [2.24, 2.45) is 0 Å². The summed E-state index contributed by atoms with van der Waals surface area (Å²) >= 11 is 1.63. The third-order valence-electron chi connectivity index (χ3n) is 2.88. The first-order chi connectivity index (χ1) is 7.72. The van der Waals surface area contributed by atoms with Gasteiger partial charge >= 0.3 is 0 Å². The molecule has 0 aromatic carbocycles. The molecule has 1 atom stereocenters. The molecule has 1 unspecified atom stereocenters. The largest absolute Gasteiger partial charge is 0.374 e. The number of hydrogen-bond donors (Lipinski definition) is 1. The molecule has 0 radical (unpaired) electrons. The average Bonchev–Trinajstić information content (AvgIpc) is 2.88. The molecule has 1 saturated heterocycles. The van der Waals surface area contributed by atoms with Crippen molar-refractivity contribution in [1.29, 1.82) is 5.26 Å². The zero-order chi connectivity index (χ0) is 11.4. The molecule has 0 amide bonds. The lowest BCUT2D eigenvalue weighted by molar-refractivity contribution is 0.0207. The first-order valence-electron chi connectivity index (χ1n) is 5.54. The third kappa shape index (κ3) is 2.82. The van der Waals surface area contributed by atoms with Crippen LogP contribution in [0.25, 0.3) is 0 Å². The standard InChI is InChI=1S/C12H16N2OS/c1-12(3-2-4-15-12)9-14-7-11-5-10(6-13)8-16-11/h5,8,14H,2-4,7,9H2,1H3. The Kier molecular flexibility index (Phi) is 3.59. The van der Waals surface area contributed by atoms with E-state index in [9.17, 15) is 0 Å². The molecule has 1 N–H and O–H groups in total. The molecule has 3 nitrogen and oxygen atoms in total. The monoisotopic (exact) mass is 236 g/mol. The van der Waals surface area contributed by atoms with Crippen molar-refractivity contribution in [1.82, 2.24) is 5.32 Å². The second-order valence-electron chi connectivity index (χ2n) is 4.42. The minimum Gasteiger partial charge on any atom is -0.374 e. The van der Waals surface area contributed by atoms with Gasteiger partial charge in [-0.05, 0) is 25.8 Å².